The minimum atomic E-state index is -1.03. The molecule has 0 saturated carbocycles. The third-order valence-electron chi connectivity index (χ3n) is 1.87. The van der Waals surface area contributed by atoms with Crippen LogP contribution in [0.2, 0.25) is 0 Å². The molecule has 0 aromatic heterocycles. The topological polar surface area (TPSA) is 133 Å². The summed E-state index contributed by atoms with van der Waals surface area (Å²) < 4.78 is 0. The van der Waals surface area contributed by atoms with E-state index in [1.165, 1.54) is 7.05 Å². The van der Waals surface area contributed by atoms with Gasteiger partial charge < -0.3 is 26.4 Å². The van der Waals surface area contributed by atoms with Crippen molar-refractivity contribution in [3.8, 4) is 0 Å². The van der Waals surface area contributed by atoms with Crippen LogP contribution < -0.4 is 11.1 Å². The van der Waals surface area contributed by atoms with Gasteiger partial charge in [-0.25, -0.2) is 0 Å². The maximum absolute atomic E-state index is 10.1. The number of aliphatic hydroxyl groups is 1. The van der Waals surface area contributed by atoms with Crippen molar-refractivity contribution in [2.75, 3.05) is 13.7 Å². The minimum absolute atomic E-state index is 0.357. The van der Waals surface area contributed by atoms with Crippen LogP contribution in [0.15, 0.2) is 0 Å². The van der Waals surface area contributed by atoms with Crippen molar-refractivity contribution in [1.82, 2.24) is 5.32 Å². The predicted octanol–water partition coefficient (Wildman–Crippen LogP) is -0.904. The van der Waals surface area contributed by atoms with Crippen LogP contribution in [0.5, 0.6) is 0 Å². The van der Waals surface area contributed by atoms with Crippen LogP contribution in [0.1, 0.15) is 20.3 Å². The summed E-state index contributed by atoms with van der Waals surface area (Å²) >= 11 is 0. The third-order valence-corrected chi connectivity index (χ3v) is 1.87. The molecule has 0 saturated heterocycles. The van der Waals surface area contributed by atoms with Gasteiger partial charge in [-0.05, 0) is 19.4 Å². The fraction of sp³-hybridized carbons (Fsp3) is 0.800. The van der Waals surface area contributed by atoms with Gasteiger partial charge in [-0.3, -0.25) is 9.59 Å². The number of hydrogen-bond acceptors (Lipinski definition) is 5. The highest BCUT2D eigenvalue weighted by atomic mass is 16.4. The summed E-state index contributed by atoms with van der Waals surface area (Å²) in [6.45, 7) is 3.53. The molecule has 0 fully saturated rings. The number of likely N-dealkylation sites (N-methyl/N-ethyl adjacent to an activating group) is 1. The third kappa shape index (κ3) is 11.1. The fourth-order valence-electron chi connectivity index (χ4n) is 0.902. The molecule has 17 heavy (non-hydrogen) atoms. The van der Waals surface area contributed by atoms with E-state index in [0.717, 1.165) is 0 Å². The van der Waals surface area contributed by atoms with Crippen molar-refractivity contribution in [2.24, 2.45) is 11.7 Å². The Kier molecular flexibility index (Phi) is 10.7. The first-order valence-corrected chi connectivity index (χ1v) is 5.25. The predicted molar refractivity (Wildman–Crippen MR) is 62.6 cm³/mol. The lowest BCUT2D eigenvalue weighted by Crippen LogP contribution is -2.36. The molecule has 0 bridgehead atoms. The van der Waals surface area contributed by atoms with E-state index < -0.39 is 24.0 Å². The largest absolute Gasteiger partial charge is 0.480 e. The first-order valence-electron chi connectivity index (χ1n) is 5.25. The van der Waals surface area contributed by atoms with E-state index in [4.69, 9.17) is 21.1 Å². The molecule has 0 aromatic carbocycles. The Morgan fingerprint density at radius 2 is 1.71 bits per heavy atom. The quantitative estimate of drug-likeness (QED) is 0.412. The Morgan fingerprint density at radius 1 is 1.24 bits per heavy atom. The molecule has 7 nitrogen and oxygen atoms in total. The molecule has 2 atom stereocenters. The highest BCUT2D eigenvalue weighted by Gasteiger charge is 2.12. The zero-order valence-corrected chi connectivity index (χ0v) is 10.4. The molecule has 0 aliphatic rings. The van der Waals surface area contributed by atoms with E-state index in [2.05, 4.69) is 5.32 Å². The van der Waals surface area contributed by atoms with Crippen molar-refractivity contribution >= 4 is 11.9 Å². The van der Waals surface area contributed by atoms with Gasteiger partial charge in [-0.15, -0.1) is 0 Å². The van der Waals surface area contributed by atoms with Crippen molar-refractivity contribution in [2.45, 2.75) is 32.4 Å². The highest BCUT2D eigenvalue weighted by molar-refractivity contribution is 5.73. The van der Waals surface area contributed by atoms with Crippen LogP contribution >= 0.6 is 0 Å². The van der Waals surface area contributed by atoms with Gasteiger partial charge in [0.1, 0.15) is 12.1 Å². The Bertz CT molecular complexity index is 229. The molecule has 0 amide bonds. The van der Waals surface area contributed by atoms with Crippen LogP contribution in [0.3, 0.4) is 0 Å². The Labute approximate surface area is 101 Å². The molecule has 0 aliphatic carbocycles. The van der Waals surface area contributed by atoms with E-state index in [0.29, 0.717) is 12.3 Å². The summed E-state index contributed by atoms with van der Waals surface area (Å²) in [6, 6.07) is -1.51. The average molecular weight is 250 g/mol. The van der Waals surface area contributed by atoms with Gasteiger partial charge in [0.2, 0.25) is 0 Å². The van der Waals surface area contributed by atoms with Crippen LogP contribution in [0.25, 0.3) is 0 Å². The number of aliphatic hydroxyl groups excluding tert-OH is 1. The molecule has 0 unspecified atom stereocenters. The van der Waals surface area contributed by atoms with E-state index in [1.807, 2.05) is 13.8 Å². The molecule has 6 N–H and O–H groups in total. The number of carboxylic acids is 2. The summed E-state index contributed by atoms with van der Waals surface area (Å²) in [7, 11) is 1.48. The number of nitrogens with one attached hydrogen (secondary N) is 1. The Morgan fingerprint density at radius 3 is 1.76 bits per heavy atom. The number of aliphatic carboxylic acids is 2. The standard InChI is InChI=1S/C6H13NO2.C4H9NO3/c1-4(2)3-5(7)6(8)9;1-5-3(2-6)4(7)8/h4-5H,3,7H2,1-2H3,(H,8,9);3,5-6H,2H2,1H3,(H,7,8)/t5-;3-/m10/s1. The van der Waals surface area contributed by atoms with Crippen molar-refractivity contribution in [1.29, 1.82) is 0 Å². The lowest BCUT2D eigenvalue weighted by Gasteiger charge is -2.07. The molecule has 0 rings (SSSR count). The molecule has 7 heteroatoms. The zero-order chi connectivity index (χ0) is 14.0. The van der Waals surface area contributed by atoms with E-state index in [1.54, 1.807) is 0 Å². The van der Waals surface area contributed by atoms with Gasteiger partial charge in [0.15, 0.2) is 0 Å². The maximum atomic E-state index is 10.1. The van der Waals surface area contributed by atoms with Crippen LogP contribution in [0, 0.1) is 5.92 Å². The maximum Gasteiger partial charge on any atom is 0.323 e. The van der Waals surface area contributed by atoms with Crippen LogP contribution in [-0.4, -0.2) is 53.0 Å². The second-order valence-corrected chi connectivity index (χ2v) is 3.94. The molecule has 102 valence electrons. The van der Waals surface area contributed by atoms with Crippen molar-refractivity contribution in [3.63, 3.8) is 0 Å². The van der Waals surface area contributed by atoms with Gasteiger partial charge in [-0.1, -0.05) is 13.8 Å². The average Bonchev–Trinajstić information content (AvgIpc) is 2.18. The second kappa shape index (κ2) is 10.0. The highest BCUT2D eigenvalue weighted by Crippen LogP contribution is 2.01. The molecular formula is C10H22N2O5. The summed E-state index contributed by atoms with van der Waals surface area (Å²) in [6.07, 6.45) is 0.551. The fourth-order valence-corrected chi connectivity index (χ4v) is 0.902. The minimum Gasteiger partial charge on any atom is -0.480 e. The van der Waals surface area contributed by atoms with Crippen LogP contribution in [0.4, 0.5) is 0 Å². The molecule has 0 aromatic rings. The molecular weight excluding hydrogens is 228 g/mol. The number of nitrogens with two attached hydrogens (primary N) is 1. The van der Waals surface area contributed by atoms with Gasteiger partial charge in [0.05, 0.1) is 6.61 Å². The lowest BCUT2D eigenvalue weighted by atomic mass is 10.1. The van der Waals surface area contributed by atoms with E-state index >= 15 is 0 Å². The number of carbonyl (C=O) groups is 2. The Balaban J connectivity index is 0. The van der Waals surface area contributed by atoms with Gasteiger partial charge in [0.25, 0.3) is 0 Å². The smallest absolute Gasteiger partial charge is 0.323 e. The molecule has 0 aliphatic heterocycles. The Hall–Kier alpha value is -1.18. The van der Waals surface area contributed by atoms with Crippen molar-refractivity contribution < 1.29 is 24.9 Å². The first kappa shape index (κ1) is 18.2. The monoisotopic (exact) mass is 250 g/mol. The summed E-state index contributed by atoms with van der Waals surface area (Å²) in [5, 5.41) is 27.1. The molecule has 0 radical (unpaired) electrons. The SMILES string of the molecule is CC(C)C[C@@H](N)C(=O)O.CN[C@@H](CO)C(=O)O. The second-order valence-electron chi connectivity index (χ2n) is 3.94. The summed E-state index contributed by atoms with van der Waals surface area (Å²) in [5.74, 6) is -1.59. The number of rotatable bonds is 6. The molecule has 0 heterocycles. The van der Waals surface area contributed by atoms with Gasteiger partial charge in [-0.2, -0.15) is 0 Å². The van der Waals surface area contributed by atoms with Crippen LogP contribution in [-0.2, 0) is 9.59 Å². The first-order chi connectivity index (χ1) is 7.76. The van der Waals surface area contributed by atoms with E-state index in [-0.39, 0.29) is 6.61 Å². The zero-order valence-electron chi connectivity index (χ0n) is 10.4. The normalized spacial score (nSPS) is 13.5. The summed E-state index contributed by atoms with van der Waals surface area (Å²) in [4.78, 5) is 20.0. The number of carboxylic acid groups (broad SMARTS) is 2. The lowest BCUT2D eigenvalue weighted by molar-refractivity contribution is -0.140. The summed E-state index contributed by atoms with van der Waals surface area (Å²) in [5.41, 5.74) is 5.22. The van der Waals surface area contributed by atoms with Crippen molar-refractivity contribution in [3.05, 3.63) is 0 Å². The number of hydrogen-bond donors (Lipinski definition) is 5. The van der Waals surface area contributed by atoms with Gasteiger partial charge in [0, 0.05) is 0 Å². The van der Waals surface area contributed by atoms with Gasteiger partial charge >= 0.3 is 11.9 Å². The van der Waals surface area contributed by atoms with E-state index in [9.17, 15) is 9.59 Å². The molecule has 0 spiro atoms.